The second-order valence-corrected chi connectivity index (χ2v) is 6.92. The third kappa shape index (κ3) is 5.00. The molecular formula is C23H25N3O6. The molecule has 0 saturated heterocycles. The molecular weight excluding hydrogens is 414 g/mol. The Hall–Kier alpha value is -4.01. The summed E-state index contributed by atoms with van der Waals surface area (Å²) in [7, 11) is 4.44. The van der Waals surface area contributed by atoms with Gasteiger partial charge in [-0.3, -0.25) is 4.79 Å². The van der Waals surface area contributed by atoms with E-state index in [2.05, 4.69) is 10.4 Å². The van der Waals surface area contributed by atoms with E-state index in [1.807, 2.05) is 19.9 Å². The lowest BCUT2D eigenvalue weighted by Gasteiger charge is -2.14. The fourth-order valence-electron chi connectivity index (χ4n) is 3.19. The van der Waals surface area contributed by atoms with Crippen LogP contribution in [-0.4, -0.2) is 49.6 Å². The van der Waals surface area contributed by atoms with Crippen LogP contribution >= 0.6 is 0 Å². The minimum Gasteiger partial charge on any atom is -0.493 e. The summed E-state index contributed by atoms with van der Waals surface area (Å²) in [6.45, 7) is 3.42. The van der Waals surface area contributed by atoms with Crippen LogP contribution in [-0.2, 0) is 9.53 Å². The third-order valence-corrected chi connectivity index (χ3v) is 4.64. The zero-order valence-corrected chi connectivity index (χ0v) is 18.6. The number of esters is 1. The minimum absolute atomic E-state index is 0.330. The van der Waals surface area contributed by atoms with Gasteiger partial charge in [0.25, 0.3) is 5.91 Å². The van der Waals surface area contributed by atoms with Crippen LogP contribution in [0.2, 0.25) is 0 Å². The molecule has 1 heterocycles. The van der Waals surface area contributed by atoms with Gasteiger partial charge in [-0.25, -0.2) is 9.48 Å². The number of hydrogen-bond donors (Lipinski definition) is 1. The molecule has 1 amide bonds. The monoisotopic (exact) mass is 439 g/mol. The lowest BCUT2D eigenvalue weighted by atomic mass is 10.2. The van der Waals surface area contributed by atoms with Gasteiger partial charge < -0.3 is 24.3 Å². The van der Waals surface area contributed by atoms with E-state index in [-0.39, 0.29) is 0 Å². The first-order chi connectivity index (χ1) is 15.4. The van der Waals surface area contributed by atoms with Crippen molar-refractivity contribution in [3.8, 4) is 22.9 Å². The minimum atomic E-state index is -0.607. The van der Waals surface area contributed by atoms with Gasteiger partial charge in [-0.2, -0.15) is 5.10 Å². The van der Waals surface area contributed by atoms with Gasteiger partial charge in [0.15, 0.2) is 18.1 Å². The van der Waals surface area contributed by atoms with E-state index in [1.165, 1.54) is 21.3 Å². The molecule has 168 valence electrons. The summed E-state index contributed by atoms with van der Waals surface area (Å²) < 4.78 is 22.7. The number of nitrogens with one attached hydrogen (secondary N) is 1. The molecule has 0 spiro atoms. The molecule has 0 bridgehead atoms. The SMILES string of the molecule is COc1cc(NC(=O)COC(=O)c2ccc(-n3nc(C)cc3C)cc2)cc(OC)c1OC. The van der Waals surface area contributed by atoms with E-state index in [0.717, 1.165) is 17.1 Å². The van der Waals surface area contributed by atoms with Gasteiger partial charge in [0.1, 0.15) is 0 Å². The zero-order valence-electron chi connectivity index (χ0n) is 18.6. The molecule has 1 N–H and O–H groups in total. The largest absolute Gasteiger partial charge is 0.493 e. The van der Waals surface area contributed by atoms with Crippen LogP contribution in [0.1, 0.15) is 21.7 Å². The van der Waals surface area contributed by atoms with Crippen LogP contribution in [0, 0.1) is 13.8 Å². The van der Waals surface area contributed by atoms with Crippen LogP contribution in [0.5, 0.6) is 17.2 Å². The standard InChI is InChI=1S/C23H25N3O6/c1-14-10-15(2)26(25-14)18-8-6-16(7-9-18)23(28)32-13-21(27)24-17-11-19(29-3)22(31-5)20(12-17)30-4/h6-12H,13H2,1-5H3,(H,24,27). The molecule has 0 fully saturated rings. The highest BCUT2D eigenvalue weighted by molar-refractivity contribution is 5.96. The van der Waals surface area contributed by atoms with Crippen LogP contribution < -0.4 is 19.5 Å². The molecule has 0 radical (unpaired) electrons. The van der Waals surface area contributed by atoms with E-state index in [9.17, 15) is 9.59 Å². The second kappa shape index (κ2) is 9.86. The van der Waals surface area contributed by atoms with Crippen molar-refractivity contribution in [2.24, 2.45) is 0 Å². The number of aromatic nitrogens is 2. The zero-order chi connectivity index (χ0) is 23.3. The molecule has 9 nitrogen and oxygen atoms in total. The van der Waals surface area contributed by atoms with Crippen molar-refractivity contribution in [2.75, 3.05) is 33.3 Å². The average Bonchev–Trinajstić information content (AvgIpc) is 3.14. The molecule has 0 atom stereocenters. The van der Waals surface area contributed by atoms with Crippen molar-refractivity contribution in [2.45, 2.75) is 13.8 Å². The number of rotatable bonds is 8. The summed E-state index contributed by atoms with van der Waals surface area (Å²) >= 11 is 0. The number of nitrogens with zero attached hydrogens (tertiary/aromatic N) is 2. The number of anilines is 1. The maximum Gasteiger partial charge on any atom is 0.338 e. The Morgan fingerprint density at radius 1 is 0.938 bits per heavy atom. The van der Waals surface area contributed by atoms with Crippen LogP contribution in [0.4, 0.5) is 5.69 Å². The first-order valence-electron chi connectivity index (χ1n) is 9.77. The summed E-state index contributed by atoms with van der Waals surface area (Å²) in [4.78, 5) is 24.6. The fourth-order valence-corrected chi connectivity index (χ4v) is 3.19. The Bertz CT molecular complexity index is 1100. The van der Waals surface area contributed by atoms with Crippen LogP contribution in [0.25, 0.3) is 5.69 Å². The van der Waals surface area contributed by atoms with Gasteiger partial charge in [0.2, 0.25) is 5.75 Å². The van der Waals surface area contributed by atoms with Crippen molar-refractivity contribution in [1.29, 1.82) is 0 Å². The topological polar surface area (TPSA) is 101 Å². The molecule has 3 aromatic rings. The maximum atomic E-state index is 12.3. The lowest BCUT2D eigenvalue weighted by molar-refractivity contribution is -0.119. The van der Waals surface area contributed by atoms with E-state index < -0.39 is 18.5 Å². The maximum absolute atomic E-state index is 12.3. The molecule has 3 rings (SSSR count). The predicted octanol–water partition coefficient (Wildman–Crippen LogP) is 3.31. The fraction of sp³-hybridized carbons (Fsp3) is 0.261. The predicted molar refractivity (Wildman–Crippen MR) is 118 cm³/mol. The van der Waals surface area contributed by atoms with E-state index in [0.29, 0.717) is 28.5 Å². The van der Waals surface area contributed by atoms with Crippen molar-refractivity contribution < 1.29 is 28.5 Å². The van der Waals surface area contributed by atoms with Gasteiger partial charge in [-0.1, -0.05) is 0 Å². The molecule has 0 aliphatic rings. The van der Waals surface area contributed by atoms with Crippen molar-refractivity contribution >= 4 is 17.6 Å². The summed E-state index contributed by atoms with van der Waals surface area (Å²) in [6, 6.07) is 11.9. The Balaban J connectivity index is 1.61. The highest BCUT2D eigenvalue weighted by Gasteiger charge is 2.16. The summed E-state index contributed by atoms with van der Waals surface area (Å²) in [5.74, 6) is 0.0730. The molecule has 1 aromatic heterocycles. The molecule has 0 unspecified atom stereocenters. The molecule has 32 heavy (non-hydrogen) atoms. The summed E-state index contributed by atoms with van der Waals surface area (Å²) in [5.41, 5.74) is 3.46. The summed E-state index contributed by atoms with van der Waals surface area (Å²) in [5, 5.41) is 7.06. The van der Waals surface area contributed by atoms with E-state index >= 15 is 0 Å². The normalized spacial score (nSPS) is 10.4. The van der Waals surface area contributed by atoms with Crippen molar-refractivity contribution in [3.05, 3.63) is 59.4 Å². The third-order valence-electron chi connectivity index (χ3n) is 4.64. The summed E-state index contributed by atoms with van der Waals surface area (Å²) in [6.07, 6.45) is 0. The smallest absolute Gasteiger partial charge is 0.338 e. The van der Waals surface area contributed by atoms with Crippen LogP contribution in [0.3, 0.4) is 0 Å². The highest BCUT2D eigenvalue weighted by atomic mass is 16.5. The Kier molecular flexibility index (Phi) is 6.99. The number of methoxy groups -OCH3 is 3. The molecule has 0 saturated carbocycles. The van der Waals surface area contributed by atoms with Gasteiger partial charge >= 0.3 is 5.97 Å². The van der Waals surface area contributed by atoms with Gasteiger partial charge in [-0.05, 0) is 44.2 Å². The molecule has 0 aliphatic carbocycles. The number of amides is 1. The first-order valence-corrected chi connectivity index (χ1v) is 9.77. The van der Waals surface area contributed by atoms with Gasteiger partial charge in [0.05, 0.1) is 38.3 Å². The van der Waals surface area contributed by atoms with Crippen molar-refractivity contribution in [3.63, 3.8) is 0 Å². The molecule has 0 aliphatic heterocycles. The number of aryl methyl sites for hydroxylation is 2. The van der Waals surface area contributed by atoms with Crippen molar-refractivity contribution in [1.82, 2.24) is 9.78 Å². The first kappa shape index (κ1) is 22.7. The Morgan fingerprint density at radius 3 is 2.06 bits per heavy atom. The number of carbonyl (C=O) groups is 2. The number of hydrogen-bond acceptors (Lipinski definition) is 7. The highest BCUT2D eigenvalue weighted by Crippen LogP contribution is 2.39. The average molecular weight is 439 g/mol. The lowest BCUT2D eigenvalue weighted by Crippen LogP contribution is -2.21. The van der Waals surface area contributed by atoms with Crippen LogP contribution in [0.15, 0.2) is 42.5 Å². The van der Waals surface area contributed by atoms with Gasteiger partial charge in [0, 0.05) is 23.5 Å². The Morgan fingerprint density at radius 2 is 1.56 bits per heavy atom. The quantitative estimate of drug-likeness (QED) is 0.538. The number of ether oxygens (including phenoxy) is 4. The molecule has 9 heteroatoms. The molecule has 2 aromatic carbocycles. The Labute approximate surface area is 185 Å². The van der Waals surface area contributed by atoms with E-state index in [1.54, 1.807) is 41.1 Å². The number of benzene rings is 2. The van der Waals surface area contributed by atoms with Gasteiger partial charge in [-0.15, -0.1) is 0 Å². The number of carbonyl (C=O) groups excluding carboxylic acids is 2. The second-order valence-electron chi connectivity index (χ2n) is 6.92. The van der Waals surface area contributed by atoms with E-state index in [4.69, 9.17) is 18.9 Å².